The van der Waals surface area contributed by atoms with Crippen LogP contribution >= 0.6 is 11.3 Å². The van der Waals surface area contributed by atoms with E-state index in [1.165, 1.54) is 10.7 Å². The molecule has 0 aliphatic carbocycles. The Morgan fingerprint density at radius 1 is 1.40 bits per heavy atom. The molecular weight excluding hydrogens is 204 g/mol. The molecule has 15 heavy (non-hydrogen) atoms. The molecule has 1 aromatic rings. The number of rotatable bonds is 4. The Bertz CT molecular complexity index is 297. The lowest BCUT2D eigenvalue weighted by Gasteiger charge is -2.14. The van der Waals surface area contributed by atoms with E-state index in [0.717, 1.165) is 13.0 Å². The van der Waals surface area contributed by atoms with Gasteiger partial charge >= 0.3 is 0 Å². The van der Waals surface area contributed by atoms with Gasteiger partial charge in [-0.1, -0.05) is 34.6 Å². The van der Waals surface area contributed by atoms with Crippen molar-refractivity contribution in [1.82, 2.24) is 10.3 Å². The Hall–Kier alpha value is -0.410. The van der Waals surface area contributed by atoms with Crippen molar-refractivity contribution < 1.29 is 0 Å². The van der Waals surface area contributed by atoms with Crippen LogP contribution in [0.15, 0.2) is 5.38 Å². The van der Waals surface area contributed by atoms with Gasteiger partial charge in [-0.3, -0.25) is 0 Å². The average Bonchev–Trinajstić information content (AvgIpc) is 2.51. The maximum atomic E-state index is 4.66. The number of aromatic nitrogens is 1. The van der Waals surface area contributed by atoms with Crippen molar-refractivity contribution in [3.63, 3.8) is 0 Å². The number of hydrogen-bond acceptors (Lipinski definition) is 3. The third-order valence-electron chi connectivity index (χ3n) is 2.21. The first-order valence-electron chi connectivity index (χ1n) is 5.58. The molecule has 0 spiro atoms. The minimum Gasteiger partial charge on any atom is -0.314 e. The summed E-state index contributed by atoms with van der Waals surface area (Å²) in [6.45, 7) is 12.0. The van der Waals surface area contributed by atoms with Crippen molar-refractivity contribution in [1.29, 1.82) is 0 Å². The van der Waals surface area contributed by atoms with Gasteiger partial charge in [-0.25, -0.2) is 4.98 Å². The molecule has 1 aromatic heterocycles. The molecule has 0 fully saturated rings. The fourth-order valence-corrected chi connectivity index (χ4v) is 2.26. The van der Waals surface area contributed by atoms with E-state index in [-0.39, 0.29) is 5.41 Å². The van der Waals surface area contributed by atoms with Gasteiger partial charge in [-0.2, -0.15) is 0 Å². The summed E-state index contributed by atoms with van der Waals surface area (Å²) in [6, 6.07) is 0.562. The van der Waals surface area contributed by atoms with Gasteiger partial charge in [-0.05, 0) is 0 Å². The van der Waals surface area contributed by atoms with Crippen LogP contribution in [-0.2, 0) is 11.8 Å². The highest BCUT2D eigenvalue weighted by Crippen LogP contribution is 2.23. The van der Waals surface area contributed by atoms with Gasteiger partial charge in [0.2, 0.25) is 0 Å². The Morgan fingerprint density at radius 2 is 2.07 bits per heavy atom. The van der Waals surface area contributed by atoms with E-state index in [1.807, 2.05) is 0 Å². The summed E-state index contributed by atoms with van der Waals surface area (Å²) >= 11 is 1.78. The molecule has 86 valence electrons. The molecule has 2 nitrogen and oxygen atoms in total. The minimum atomic E-state index is 0.181. The highest BCUT2D eigenvalue weighted by molar-refractivity contribution is 7.09. The SMILES string of the molecule is CC(C)NCCc1nc(C(C)(C)C)cs1. The van der Waals surface area contributed by atoms with Gasteiger partial charge < -0.3 is 5.32 Å². The van der Waals surface area contributed by atoms with E-state index in [1.54, 1.807) is 11.3 Å². The van der Waals surface area contributed by atoms with Crippen LogP contribution in [0.4, 0.5) is 0 Å². The highest BCUT2D eigenvalue weighted by atomic mass is 32.1. The van der Waals surface area contributed by atoms with Crippen LogP contribution in [-0.4, -0.2) is 17.6 Å². The fourth-order valence-electron chi connectivity index (χ4n) is 1.24. The molecule has 0 bridgehead atoms. The van der Waals surface area contributed by atoms with Crippen LogP contribution in [0.5, 0.6) is 0 Å². The minimum absolute atomic E-state index is 0.181. The molecule has 0 saturated heterocycles. The third-order valence-corrected chi connectivity index (χ3v) is 3.12. The summed E-state index contributed by atoms with van der Waals surface area (Å²) in [4.78, 5) is 4.66. The predicted octanol–water partition coefficient (Wildman–Crippen LogP) is 2.98. The second-order valence-electron chi connectivity index (χ2n) is 5.24. The first kappa shape index (κ1) is 12.7. The number of hydrogen-bond donors (Lipinski definition) is 1. The lowest BCUT2D eigenvalue weighted by molar-refractivity contribution is 0.565. The second-order valence-corrected chi connectivity index (χ2v) is 6.18. The van der Waals surface area contributed by atoms with Crippen molar-refractivity contribution in [2.45, 2.75) is 52.5 Å². The first-order valence-corrected chi connectivity index (χ1v) is 6.46. The fraction of sp³-hybridized carbons (Fsp3) is 0.750. The van der Waals surface area contributed by atoms with Gasteiger partial charge in [-0.15, -0.1) is 11.3 Å². The molecular formula is C12H22N2S. The molecule has 0 saturated carbocycles. The molecule has 3 heteroatoms. The van der Waals surface area contributed by atoms with Gasteiger partial charge in [0.1, 0.15) is 0 Å². The lowest BCUT2D eigenvalue weighted by atomic mass is 9.93. The maximum absolute atomic E-state index is 4.66. The average molecular weight is 226 g/mol. The van der Waals surface area contributed by atoms with E-state index in [9.17, 15) is 0 Å². The van der Waals surface area contributed by atoms with Crippen LogP contribution in [0.1, 0.15) is 45.3 Å². The van der Waals surface area contributed by atoms with Gasteiger partial charge in [0.15, 0.2) is 0 Å². The molecule has 0 aliphatic rings. The standard InChI is InChI=1S/C12H22N2S/c1-9(2)13-7-6-11-14-10(8-15-11)12(3,4)5/h8-9,13H,6-7H2,1-5H3. The number of thiazole rings is 1. The van der Waals surface area contributed by atoms with Crippen molar-refractivity contribution >= 4 is 11.3 Å². The summed E-state index contributed by atoms with van der Waals surface area (Å²) in [5, 5.41) is 6.84. The molecule has 1 heterocycles. The van der Waals surface area contributed by atoms with E-state index in [2.05, 4.69) is 50.3 Å². The molecule has 1 N–H and O–H groups in total. The zero-order valence-electron chi connectivity index (χ0n) is 10.4. The highest BCUT2D eigenvalue weighted by Gasteiger charge is 2.16. The number of nitrogens with one attached hydrogen (secondary N) is 1. The van der Waals surface area contributed by atoms with Gasteiger partial charge in [0.25, 0.3) is 0 Å². The molecule has 0 radical (unpaired) electrons. The molecule has 0 amide bonds. The summed E-state index contributed by atoms with van der Waals surface area (Å²) in [7, 11) is 0. The quantitative estimate of drug-likeness (QED) is 0.854. The summed E-state index contributed by atoms with van der Waals surface area (Å²) < 4.78 is 0. The van der Waals surface area contributed by atoms with Crippen LogP contribution in [0, 0.1) is 0 Å². The van der Waals surface area contributed by atoms with E-state index in [0.29, 0.717) is 6.04 Å². The Balaban J connectivity index is 2.47. The van der Waals surface area contributed by atoms with Crippen LogP contribution < -0.4 is 5.32 Å². The lowest BCUT2D eigenvalue weighted by Crippen LogP contribution is -2.25. The third kappa shape index (κ3) is 4.31. The zero-order chi connectivity index (χ0) is 11.5. The van der Waals surface area contributed by atoms with Crippen molar-refractivity contribution in [3.8, 4) is 0 Å². The van der Waals surface area contributed by atoms with E-state index in [4.69, 9.17) is 0 Å². The molecule has 0 atom stereocenters. The Labute approximate surface area is 97.1 Å². The van der Waals surface area contributed by atoms with Gasteiger partial charge in [0.05, 0.1) is 10.7 Å². The zero-order valence-corrected chi connectivity index (χ0v) is 11.2. The van der Waals surface area contributed by atoms with Gasteiger partial charge in [0, 0.05) is 29.8 Å². The van der Waals surface area contributed by atoms with Crippen molar-refractivity contribution in [2.75, 3.05) is 6.54 Å². The Morgan fingerprint density at radius 3 is 2.53 bits per heavy atom. The summed E-state index contributed by atoms with van der Waals surface area (Å²) in [5.74, 6) is 0. The van der Waals surface area contributed by atoms with Crippen molar-refractivity contribution in [2.24, 2.45) is 0 Å². The monoisotopic (exact) mass is 226 g/mol. The topological polar surface area (TPSA) is 24.9 Å². The summed E-state index contributed by atoms with van der Waals surface area (Å²) in [6.07, 6.45) is 1.04. The maximum Gasteiger partial charge on any atom is 0.0941 e. The molecule has 1 rings (SSSR count). The molecule has 0 unspecified atom stereocenters. The second kappa shape index (κ2) is 5.08. The van der Waals surface area contributed by atoms with Crippen LogP contribution in [0.2, 0.25) is 0 Å². The van der Waals surface area contributed by atoms with E-state index >= 15 is 0 Å². The normalized spacial score (nSPS) is 12.4. The number of nitrogens with zero attached hydrogens (tertiary/aromatic N) is 1. The molecule has 0 aromatic carbocycles. The van der Waals surface area contributed by atoms with Crippen LogP contribution in [0.25, 0.3) is 0 Å². The van der Waals surface area contributed by atoms with E-state index < -0.39 is 0 Å². The largest absolute Gasteiger partial charge is 0.314 e. The predicted molar refractivity (Wildman–Crippen MR) is 67.7 cm³/mol. The molecule has 0 aliphatic heterocycles. The first-order chi connectivity index (χ1) is 6.89. The van der Waals surface area contributed by atoms with Crippen LogP contribution in [0.3, 0.4) is 0 Å². The summed E-state index contributed by atoms with van der Waals surface area (Å²) in [5.41, 5.74) is 1.40. The smallest absolute Gasteiger partial charge is 0.0941 e. The Kier molecular flexibility index (Phi) is 4.29. The van der Waals surface area contributed by atoms with Crippen molar-refractivity contribution in [3.05, 3.63) is 16.1 Å².